The number of piperidine rings is 1. The summed E-state index contributed by atoms with van der Waals surface area (Å²) < 4.78 is 41.9. The SMILES string of the molecule is Cc1nccn1CCCN(C)C1CCN(c2ccccc2C(F)(F)F)CC1. The van der Waals surface area contributed by atoms with Crippen molar-refractivity contribution in [1.29, 1.82) is 0 Å². The molecule has 1 fully saturated rings. The van der Waals surface area contributed by atoms with Gasteiger partial charge in [0.15, 0.2) is 0 Å². The first-order valence-corrected chi connectivity index (χ1v) is 9.45. The maximum atomic E-state index is 13.3. The van der Waals surface area contributed by atoms with Crippen molar-refractivity contribution in [2.24, 2.45) is 0 Å². The smallest absolute Gasteiger partial charge is 0.371 e. The number of rotatable bonds is 6. The number of hydrogen-bond acceptors (Lipinski definition) is 3. The van der Waals surface area contributed by atoms with Crippen molar-refractivity contribution in [3.05, 3.63) is 48.0 Å². The van der Waals surface area contributed by atoms with Gasteiger partial charge in [0.2, 0.25) is 0 Å². The Labute approximate surface area is 158 Å². The van der Waals surface area contributed by atoms with Gasteiger partial charge < -0.3 is 14.4 Å². The van der Waals surface area contributed by atoms with Crippen molar-refractivity contribution in [2.75, 3.05) is 31.6 Å². The van der Waals surface area contributed by atoms with E-state index >= 15 is 0 Å². The van der Waals surface area contributed by atoms with Crippen LogP contribution in [0.25, 0.3) is 0 Å². The van der Waals surface area contributed by atoms with Gasteiger partial charge in [0.1, 0.15) is 5.82 Å². The van der Waals surface area contributed by atoms with Crippen molar-refractivity contribution in [3.8, 4) is 0 Å². The Hall–Kier alpha value is -2.02. The molecule has 0 saturated carbocycles. The van der Waals surface area contributed by atoms with Crippen LogP contribution in [0.5, 0.6) is 0 Å². The minimum atomic E-state index is -4.31. The first kappa shape index (κ1) is 19.7. The van der Waals surface area contributed by atoms with Gasteiger partial charge in [0, 0.05) is 43.8 Å². The van der Waals surface area contributed by atoms with E-state index in [1.807, 2.05) is 24.2 Å². The lowest BCUT2D eigenvalue weighted by Crippen LogP contribution is -2.44. The Kier molecular flexibility index (Phi) is 6.09. The van der Waals surface area contributed by atoms with Crippen LogP contribution in [0.2, 0.25) is 0 Å². The third-order valence-electron chi connectivity index (χ3n) is 5.47. The lowest BCUT2D eigenvalue weighted by Gasteiger charge is -2.38. The zero-order chi connectivity index (χ0) is 19.4. The normalized spacial score (nSPS) is 16.3. The van der Waals surface area contributed by atoms with Crippen LogP contribution < -0.4 is 4.90 Å². The van der Waals surface area contributed by atoms with Crippen molar-refractivity contribution < 1.29 is 13.2 Å². The average molecular weight is 380 g/mol. The van der Waals surface area contributed by atoms with Gasteiger partial charge in [-0.15, -0.1) is 0 Å². The maximum absolute atomic E-state index is 13.3. The highest BCUT2D eigenvalue weighted by Crippen LogP contribution is 2.37. The van der Waals surface area contributed by atoms with Gasteiger partial charge >= 0.3 is 6.18 Å². The number of halogens is 3. The topological polar surface area (TPSA) is 24.3 Å². The lowest BCUT2D eigenvalue weighted by molar-refractivity contribution is -0.137. The number of hydrogen-bond donors (Lipinski definition) is 0. The van der Waals surface area contributed by atoms with Gasteiger partial charge in [-0.2, -0.15) is 13.2 Å². The fourth-order valence-electron chi connectivity index (χ4n) is 3.85. The summed E-state index contributed by atoms with van der Waals surface area (Å²) in [5, 5.41) is 0. The Morgan fingerprint density at radius 2 is 1.89 bits per heavy atom. The van der Waals surface area contributed by atoms with E-state index in [4.69, 9.17) is 0 Å². The Morgan fingerprint density at radius 3 is 2.52 bits per heavy atom. The monoisotopic (exact) mass is 380 g/mol. The quantitative estimate of drug-likeness (QED) is 0.751. The molecule has 0 unspecified atom stereocenters. The molecular weight excluding hydrogens is 353 g/mol. The van der Waals surface area contributed by atoms with E-state index in [9.17, 15) is 13.2 Å². The van der Waals surface area contributed by atoms with E-state index in [2.05, 4.69) is 21.5 Å². The van der Waals surface area contributed by atoms with Crippen LogP contribution in [0.15, 0.2) is 36.7 Å². The van der Waals surface area contributed by atoms with Crippen LogP contribution in [0, 0.1) is 6.92 Å². The van der Waals surface area contributed by atoms with E-state index in [-0.39, 0.29) is 0 Å². The summed E-state index contributed by atoms with van der Waals surface area (Å²) in [4.78, 5) is 8.45. The van der Waals surface area contributed by atoms with Gasteiger partial charge in [0.25, 0.3) is 0 Å². The van der Waals surface area contributed by atoms with Gasteiger partial charge in [-0.25, -0.2) is 4.98 Å². The van der Waals surface area contributed by atoms with Crippen LogP contribution in [-0.4, -0.2) is 47.2 Å². The highest BCUT2D eigenvalue weighted by atomic mass is 19.4. The molecule has 1 aliphatic rings. The molecule has 1 aromatic heterocycles. The zero-order valence-electron chi connectivity index (χ0n) is 15.9. The summed E-state index contributed by atoms with van der Waals surface area (Å²) in [6.45, 7) is 5.22. The number of nitrogens with zero attached hydrogens (tertiary/aromatic N) is 4. The number of anilines is 1. The number of aryl methyl sites for hydroxylation is 2. The molecule has 0 bridgehead atoms. The maximum Gasteiger partial charge on any atom is 0.418 e. The van der Waals surface area contributed by atoms with E-state index in [0.717, 1.165) is 38.2 Å². The van der Waals surface area contributed by atoms with E-state index in [1.165, 1.54) is 12.1 Å². The van der Waals surface area contributed by atoms with Crippen molar-refractivity contribution in [2.45, 2.75) is 44.9 Å². The molecule has 7 heteroatoms. The fraction of sp³-hybridized carbons (Fsp3) is 0.550. The lowest BCUT2D eigenvalue weighted by atomic mass is 10.0. The summed E-state index contributed by atoms with van der Waals surface area (Å²) >= 11 is 0. The van der Waals surface area contributed by atoms with Crippen LogP contribution >= 0.6 is 0 Å². The molecule has 3 rings (SSSR count). The molecule has 2 heterocycles. The van der Waals surface area contributed by atoms with Crippen molar-refractivity contribution in [1.82, 2.24) is 14.5 Å². The zero-order valence-corrected chi connectivity index (χ0v) is 15.9. The highest BCUT2D eigenvalue weighted by Gasteiger charge is 2.35. The van der Waals surface area contributed by atoms with Gasteiger partial charge in [-0.05, 0) is 51.9 Å². The van der Waals surface area contributed by atoms with Gasteiger partial charge in [-0.3, -0.25) is 0 Å². The molecule has 0 amide bonds. The van der Waals surface area contributed by atoms with Crippen LogP contribution in [0.4, 0.5) is 18.9 Å². The molecule has 148 valence electrons. The number of imidazole rings is 1. The molecule has 0 spiro atoms. The Balaban J connectivity index is 1.51. The molecular formula is C20H27F3N4. The standard InChI is InChI=1S/C20H27F3N4/c1-16-24-10-15-26(16)12-5-11-25(2)17-8-13-27(14-9-17)19-7-4-3-6-18(19)20(21,22)23/h3-4,6-7,10,15,17H,5,8-9,11-14H2,1-2H3. The first-order chi connectivity index (χ1) is 12.9. The van der Waals surface area contributed by atoms with Crippen molar-refractivity contribution >= 4 is 5.69 Å². The van der Waals surface area contributed by atoms with Crippen LogP contribution in [-0.2, 0) is 12.7 Å². The highest BCUT2D eigenvalue weighted by molar-refractivity contribution is 5.55. The summed E-state index contributed by atoms with van der Waals surface area (Å²) in [5.41, 5.74) is -0.228. The van der Waals surface area contributed by atoms with E-state index in [0.29, 0.717) is 24.8 Å². The van der Waals surface area contributed by atoms with E-state index < -0.39 is 11.7 Å². The predicted octanol–water partition coefficient (Wildman–Crippen LogP) is 4.20. The van der Waals surface area contributed by atoms with Gasteiger partial charge in [0.05, 0.1) is 5.56 Å². The largest absolute Gasteiger partial charge is 0.418 e. The second-order valence-electron chi connectivity index (χ2n) is 7.24. The molecule has 1 saturated heterocycles. The fourth-order valence-corrected chi connectivity index (χ4v) is 3.85. The van der Waals surface area contributed by atoms with Crippen LogP contribution in [0.1, 0.15) is 30.7 Å². The first-order valence-electron chi connectivity index (χ1n) is 9.45. The summed E-state index contributed by atoms with van der Waals surface area (Å²) in [5.74, 6) is 1.02. The molecule has 0 atom stereocenters. The molecule has 2 aromatic rings. The molecule has 0 N–H and O–H groups in total. The number of aromatic nitrogens is 2. The van der Waals surface area contributed by atoms with Crippen LogP contribution in [0.3, 0.4) is 0 Å². The Bertz CT molecular complexity index is 733. The van der Waals surface area contributed by atoms with Gasteiger partial charge in [-0.1, -0.05) is 12.1 Å². The number of alkyl halides is 3. The molecule has 0 aliphatic carbocycles. The predicted molar refractivity (Wildman–Crippen MR) is 101 cm³/mol. The minimum absolute atomic E-state index is 0.307. The third-order valence-corrected chi connectivity index (χ3v) is 5.47. The molecule has 0 radical (unpaired) electrons. The average Bonchev–Trinajstić information content (AvgIpc) is 3.06. The number of para-hydroxylation sites is 1. The molecule has 4 nitrogen and oxygen atoms in total. The summed E-state index contributed by atoms with van der Waals surface area (Å²) in [7, 11) is 2.12. The second kappa shape index (κ2) is 8.33. The van der Waals surface area contributed by atoms with Crippen molar-refractivity contribution in [3.63, 3.8) is 0 Å². The third kappa shape index (κ3) is 4.83. The minimum Gasteiger partial charge on any atom is -0.371 e. The molecule has 1 aliphatic heterocycles. The molecule has 27 heavy (non-hydrogen) atoms. The van der Waals surface area contributed by atoms with E-state index in [1.54, 1.807) is 12.1 Å². The number of benzene rings is 1. The summed E-state index contributed by atoms with van der Waals surface area (Å²) in [6, 6.07) is 6.31. The second-order valence-corrected chi connectivity index (χ2v) is 7.24. The Morgan fingerprint density at radius 1 is 1.19 bits per heavy atom. The molecule has 1 aromatic carbocycles. The summed E-state index contributed by atoms with van der Waals surface area (Å²) in [6.07, 6.45) is 2.29.